The second kappa shape index (κ2) is 8.19. The standard InChI is InChI=1S/C14H20F3N3O2S/c1-18-13(19-8-3-9-23(2,21)22)20-10-11-4-6-12(7-5-11)14(15,16)17/h4-7H,3,8-10H2,1-2H3,(H2,18,19,20). The van der Waals surface area contributed by atoms with E-state index in [0.717, 1.165) is 12.1 Å². The third-order valence-corrected chi connectivity index (χ3v) is 3.98. The van der Waals surface area contributed by atoms with Gasteiger partial charge in [0.05, 0.1) is 11.3 Å². The summed E-state index contributed by atoms with van der Waals surface area (Å²) in [5, 5.41) is 5.89. The third kappa shape index (κ3) is 7.87. The molecular formula is C14H20F3N3O2S. The van der Waals surface area contributed by atoms with Gasteiger partial charge in [0, 0.05) is 26.4 Å². The minimum Gasteiger partial charge on any atom is -0.356 e. The quantitative estimate of drug-likeness (QED) is 0.466. The van der Waals surface area contributed by atoms with Gasteiger partial charge in [0.2, 0.25) is 0 Å². The Bertz CT molecular complexity index is 626. The molecule has 0 aliphatic carbocycles. The first kappa shape index (κ1) is 19.3. The smallest absolute Gasteiger partial charge is 0.356 e. The van der Waals surface area contributed by atoms with Crippen LogP contribution >= 0.6 is 0 Å². The van der Waals surface area contributed by atoms with Crippen LogP contribution in [-0.4, -0.2) is 40.0 Å². The third-order valence-electron chi connectivity index (χ3n) is 2.95. The molecule has 0 radical (unpaired) electrons. The van der Waals surface area contributed by atoms with Gasteiger partial charge in [-0.25, -0.2) is 8.42 Å². The Hall–Kier alpha value is -1.77. The lowest BCUT2D eigenvalue weighted by Crippen LogP contribution is -2.37. The molecule has 130 valence electrons. The van der Waals surface area contributed by atoms with Crippen LogP contribution in [0.4, 0.5) is 13.2 Å². The summed E-state index contributed by atoms with van der Waals surface area (Å²) in [5.41, 5.74) is -0.0124. The van der Waals surface area contributed by atoms with E-state index in [1.165, 1.54) is 18.4 Å². The van der Waals surface area contributed by atoms with Gasteiger partial charge in [-0.15, -0.1) is 0 Å². The lowest BCUT2D eigenvalue weighted by molar-refractivity contribution is -0.137. The number of sulfone groups is 1. The van der Waals surface area contributed by atoms with Gasteiger partial charge in [0.15, 0.2) is 5.96 Å². The minimum absolute atomic E-state index is 0.0793. The number of rotatable bonds is 6. The van der Waals surface area contributed by atoms with Crippen LogP contribution in [0.3, 0.4) is 0 Å². The predicted molar refractivity (Wildman–Crippen MR) is 84.0 cm³/mol. The summed E-state index contributed by atoms with van der Waals surface area (Å²) >= 11 is 0. The number of hydrogen-bond acceptors (Lipinski definition) is 3. The largest absolute Gasteiger partial charge is 0.416 e. The molecule has 5 nitrogen and oxygen atoms in total. The van der Waals surface area contributed by atoms with Crippen molar-refractivity contribution in [1.29, 1.82) is 0 Å². The van der Waals surface area contributed by atoms with E-state index in [1.54, 1.807) is 7.05 Å². The van der Waals surface area contributed by atoms with Crippen LogP contribution in [0.1, 0.15) is 17.5 Å². The van der Waals surface area contributed by atoms with Crippen molar-refractivity contribution in [3.63, 3.8) is 0 Å². The predicted octanol–water partition coefficient (Wildman–Crippen LogP) is 1.81. The van der Waals surface area contributed by atoms with Gasteiger partial charge in [0.25, 0.3) is 0 Å². The fourth-order valence-electron chi connectivity index (χ4n) is 1.76. The summed E-state index contributed by atoms with van der Waals surface area (Å²) in [6, 6.07) is 4.85. The molecule has 0 amide bonds. The number of guanidine groups is 1. The van der Waals surface area contributed by atoms with Crippen LogP contribution in [0.25, 0.3) is 0 Å². The molecule has 0 aromatic heterocycles. The second-order valence-corrected chi connectivity index (χ2v) is 7.29. The topological polar surface area (TPSA) is 70.6 Å². The summed E-state index contributed by atoms with van der Waals surface area (Å²) in [6.45, 7) is 0.740. The van der Waals surface area contributed by atoms with E-state index >= 15 is 0 Å². The van der Waals surface area contributed by atoms with E-state index in [9.17, 15) is 21.6 Å². The zero-order valence-electron chi connectivity index (χ0n) is 12.9. The van der Waals surface area contributed by atoms with Gasteiger partial charge in [-0.2, -0.15) is 13.2 Å². The van der Waals surface area contributed by atoms with E-state index in [-0.39, 0.29) is 5.75 Å². The zero-order valence-corrected chi connectivity index (χ0v) is 13.8. The van der Waals surface area contributed by atoms with E-state index in [1.807, 2.05) is 0 Å². The summed E-state index contributed by atoms with van der Waals surface area (Å²) in [5.74, 6) is 0.536. The van der Waals surface area contributed by atoms with Crippen LogP contribution in [0.5, 0.6) is 0 Å². The number of hydrogen-bond donors (Lipinski definition) is 2. The van der Waals surface area contributed by atoms with Gasteiger partial charge in [-0.05, 0) is 24.1 Å². The summed E-state index contributed by atoms with van der Waals surface area (Å²) in [7, 11) is -1.44. The van der Waals surface area contributed by atoms with E-state index in [2.05, 4.69) is 15.6 Å². The van der Waals surface area contributed by atoms with Gasteiger partial charge in [-0.1, -0.05) is 12.1 Å². The molecule has 23 heavy (non-hydrogen) atoms. The number of nitrogens with zero attached hydrogens (tertiary/aromatic N) is 1. The van der Waals surface area contributed by atoms with Crippen LogP contribution in [0.15, 0.2) is 29.3 Å². The normalized spacial score (nSPS) is 13.0. The molecule has 0 aliphatic rings. The molecule has 9 heteroatoms. The molecule has 1 rings (SSSR count). The Kier molecular flexibility index (Phi) is 6.86. The Morgan fingerprint density at radius 3 is 2.26 bits per heavy atom. The van der Waals surface area contributed by atoms with Crippen molar-refractivity contribution in [3.05, 3.63) is 35.4 Å². The molecule has 1 aromatic carbocycles. The van der Waals surface area contributed by atoms with Crippen molar-refractivity contribution in [2.24, 2.45) is 4.99 Å². The van der Waals surface area contributed by atoms with Crippen molar-refractivity contribution >= 4 is 15.8 Å². The van der Waals surface area contributed by atoms with Crippen LogP contribution in [-0.2, 0) is 22.6 Å². The minimum atomic E-state index is -4.34. The number of aliphatic imine (C=N–C) groups is 1. The van der Waals surface area contributed by atoms with Crippen molar-refractivity contribution in [1.82, 2.24) is 10.6 Å². The average molecular weight is 351 g/mol. The van der Waals surface area contributed by atoms with Crippen molar-refractivity contribution in [3.8, 4) is 0 Å². The molecule has 0 atom stereocenters. The fraction of sp³-hybridized carbons (Fsp3) is 0.500. The molecule has 0 bridgehead atoms. The number of alkyl halides is 3. The highest BCUT2D eigenvalue weighted by atomic mass is 32.2. The number of nitrogens with one attached hydrogen (secondary N) is 2. The Morgan fingerprint density at radius 1 is 1.17 bits per heavy atom. The van der Waals surface area contributed by atoms with E-state index < -0.39 is 21.6 Å². The molecule has 1 aromatic rings. The highest BCUT2D eigenvalue weighted by Crippen LogP contribution is 2.28. The average Bonchev–Trinajstić information content (AvgIpc) is 2.45. The summed E-state index contributed by atoms with van der Waals surface area (Å²) in [6.07, 6.45) is -2.73. The maximum atomic E-state index is 12.5. The number of halogens is 3. The maximum absolute atomic E-state index is 12.5. The van der Waals surface area contributed by atoms with Gasteiger partial charge in [0.1, 0.15) is 9.84 Å². The lowest BCUT2D eigenvalue weighted by atomic mass is 10.1. The van der Waals surface area contributed by atoms with Crippen molar-refractivity contribution in [2.45, 2.75) is 19.1 Å². The number of benzene rings is 1. The summed E-state index contributed by atoms with van der Waals surface area (Å²) < 4.78 is 59.4. The second-order valence-electron chi connectivity index (χ2n) is 5.03. The molecule has 2 N–H and O–H groups in total. The molecule has 0 heterocycles. The molecule has 0 saturated heterocycles. The molecule has 0 spiro atoms. The molecular weight excluding hydrogens is 331 g/mol. The molecule has 0 fully saturated rings. The fourth-order valence-corrected chi connectivity index (χ4v) is 2.43. The lowest BCUT2D eigenvalue weighted by Gasteiger charge is -2.12. The maximum Gasteiger partial charge on any atom is 0.416 e. The Morgan fingerprint density at radius 2 is 1.78 bits per heavy atom. The SMILES string of the molecule is CN=C(NCCCS(C)(=O)=O)NCc1ccc(C(F)(F)F)cc1. The first-order valence-corrected chi connectivity index (χ1v) is 8.96. The molecule has 0 saturated carbocycles. The van der Waals surface area contributed by atoms with E-state index in [4.69, 9.17) is 0 Å². The molecule has 0 unspecified atom stereocenters. The van der Waals surface area contributed by atoms with E-state index in [0.29, 0.717) is 31.0 Å². The zero-order chi connectivity index (χ0) is 17.5. The monoisotopic (exact) mass is 351 g/mol. The first-order chi connectivity index (χ1) is 10.6. The van der Waals surface area contributed by atoms with Crippen molar-refractivity contribution in [2.75, 3.05) is 25.6 Å². The van der Waals surface area contributed by atoms with Gasteiger partial charge < -0.3 is 10.6 Å². The van der Waals surface area contributed by atoms with Crippen LogP contribution < -0.4 is 10.6 Å². The highest BCUT2D eigenvalue weighted by molar-refractivity contribution is 7.90. The Balaban J connectivity index is 2.43. The highest BCUT2D eigenvalue weighted by Gasteiger charge is 2.29. The van der Waals surface area contributed by atoms with Crippen molar-refractivity contribution < 1.29 is 21.6 Å². The van der Waals surface area contributed by atoms with Gasteiger partial charge >= 0.3 is 6.18 Å². The molecule has 0 aliphatic heterocycles. The van der Waals surface area contributed by atoms with Gasteiger partial charge in [-0.3, -0.25) is 4.99 Å². The Labute approximate surface area is 133 Å². The van der Waals surface area contributed by atoms with Crippen LogP contribution in [0.2, 0.25) is 0 Å². The van der Waals surface area contributed by atoms with Crippen LogP contribution in [0, 0.1) is 0 Å². The first-order valence-electron chi connectivity index (χ1n) is 6.90. The summed E-state index contributed by atoms with van der Waals surface area (Å²) in [4.78, 5) is 3.96.